The average Bonchev–Trinajstić information content (AvgIpc) is 2.67. The molecule has 0 bridgehead atoms. The molecule has 84 valence electrons. The van der Waals surface area contributed by atoms with Crippen molar-refractivity contribution >= 4 is 11.3 Å². The molecular weight excluding hydrogens is 221 g/mol. The Morgan fingerprint density at radius 3 is 2.56 bits per heavy atom. The summed E-state index contributed by atoms with van der Waals surface area (Å²) in [5.41, 5.74) is 3.31. The van der Waals surface area contributed by atoms with Crippen molar-refractivity contribution in [3.63, 3.8) is 0 Å². The monoisotopic (exact) mass is 235 g/mol. The Bertz CT molecular complexity index is 464. The number of benzene rings is 1. The summed E-state index contributed by atoms with van der Waals surface area (Å²) in [6.07, 6.45) is 0. The van der Waals surface area contributed by atoms with Gasteiger partial charge in [0.15, 0.2) is 0 Å². The second-order valence-electron chi connectivity index (χ2n) is 3.77. The number of nitrogens with one attached hydrogen (secondary N) is 1. The van der Waals surface area contributed by atoms with Crippen LogP contribution >= 0.6 is 11.3 Å². The minimum atomic E-state index is -0.142. The van der Waals surface area contributed by atoms with Gasteiger partial charge in [0.2, 0.25) is 0 Å². The summed E-state index contributed by atoms with van der Waals surface area (Å²) >= 11 is 1.70. The number of halogens is 1. The lowest BCUT2D eigenvalue weighted by molar-refractivity contribution is 0.588. The van der Waals surface area contributed by atoms with E-state index >= 15 is 0 Å². The van der Waals surface area contributed by atoms with Crippen LogP contribution in [0.1, 0.15) is 16.7 Å². The molecule has 0 aliphatic carbocycles. The summed E-state index contributed by atoms with van der Waals surface area (Å²) < 4.78 is 13.3. The van der Waals surface area contributed by atoms with Gasteiger partial charge in [0, 0.05) is 18.7 Å². The second-order valence-corrected chi connectivity index (χ2v) is 4.52. The van der Waals surface area contributed by atoms with Crippen molar-refractivity contribution in [3.05, 3.63) is 57.5 Å². The summed E-state index contributed by atoms with van der Waals surface area (Å²) in [5, 5.41) is 7.51. The highest BCUT2D eigenvalue weighted by Gasteiger charge is 2.01. The molecule has 1 heterocycles. The van der Waals surface area contributed by atoms with E-state index in [1.807, 2.05) is 12.1 Å². The zero-order valence-electron chi connectivity index (χ0n) is 9.16. The lowest BCUT2D eigenvalue weighted by Crippen LogP contribution is -2.13. The first-order valence-corrected chi connectivity index (χ1v) is 6.17. The van der Waals surface area contributed by atoms with Gasteiger partial charge in [0.1, 0.15) is 5.82 Å². The molecule has 0 saturated carbocycles. The SMILES string of the molecule is Cc1cscc1CNCc1ccccc1F. The van der Waals surface area contributed by atoms with Crippen LogP contribution in [-0.4, -0.2) is 0 Å². The predicted octanol–water partition coefficient (Wildman–Crippen LogP) is 3.49. The fourth-order valence-electron chi connectivity index (χ4n) is 1.54. The van der Waals surface area contributed by atoms with Crippen LogP contribution in [0.5, 0.6) is 0 Å². The third kappa shape index (κ3) is 2.68. The van der Waals surface area contributed by atoms with E-state index in [0.717, 1.165) is 12.1 Å². The third-order valence-corrected chi connectivity index (χ3v) is 3.46. The Labute approximate surface area is 98.9 Å². The Balaban J connectivity index is 1.89. The van der Waals surface area contributed by atoms with Gasteiger partial charge < -0.3 is 5.32 Å². The van der Waals surface area contributed by atoms with E-state index in [0.29, 0.717) is 6.54 Å². The molecule has 0 spiro atoms. The van der Waals surface area contributed by atoms with Crippen LogP contribution in [0.25, 0.3) is 0 Å². The number of hydrogen-bond donors (Lipinski definition) is 1. The highest BCUT2D eigenvalue weighted by Crippen LogP contribution is 2.13. The molecule has 2 rings (SSSR count). The van der Waals surface area contributed by atoms with Gasteiger partial charge in [-0.05, 0) is 34.9 Å². The molecule has 0 saturated heterocycles. The summed E-state index contributed by atoms with van der Waals surface area (Å²) in [5.74, 6) is -0.142. The minimum Gasteiger partial charge on any atom is -0.308 e. The molecule has 1 aromatic heterocycles. The van der Waals surface area contributed by atoms with Crippen molar-refractivity contribution in [1.29, 1.82) is 0 Å². The van der Waals surface area contributed by atoms with Crippen molar-refractivity contribution in [1.82, 2.24) is 5.32 Å². The lowest BCUT2D eigenvalue weighted by atomic mass is 10.2. The first-order valence-electron chi connectivity index (χ1n) is 5.23. The molecule has 16 heavy (non-hydrogen) atoms. The van der Waals surface area contributed by atoms with Crippen LogP contribution < -0.4 is 5.32 Å². The molecule has 0 unspecified atom stereocenters. The summed E-state index contributed by atoms with van der Waals surface area (Å²) in [6.45, 7) is 3.46. The second kappa shape index (κ2) is 5.23. The lowest BCUT2D eigenvalue weighted by Gasteiger charge is -2.05. The van der Waals surface area contributed by atoms with Gasteiger partial charge in [-0.1, -0.05) is 18.2 Å². The minimum absolute atomic E-state index is 0.142. The summed E-state index contributed by atoms with van der Waals surface area (Å²) in [4.78, 5) is 0. The Morgan fingerprint density at radius 2 is 1.88 bits per heavy atom. The highest BCUT2D eigenvalue weighted by atomic mass is 32.1. The van der Waals surface area contributed by atoms with Crippen LogP contribution in [0.3, 0.4) is 0 Å². The fourth-order valence-corrected chi connectivity index (χ4v) is 2.40. The van der Waals surface area contributed by atoms with Crippen LogP contribution in [-0.2, 0) is 13.1 Å². The van der Waals surface area contributed by atoms with Crippen LogP contribution in [0.4, 0.5) is 4.39 Å². The van der Waals surface area contributed by atoms with Crippen LogP contribution in [0, 0.1) is 12.7 Å². The maximum Gasteiger partial charge on any atom is 0.127 e. The summed E-state index contributed by atoms with van der Waals surface area (Å²) in [7, 11) is 0. The molecule has 2 aromatic rings. The van der Waals surface area contributed by atoms with Gasteiger partial charge in [-0.25, -0.2) is 4.39 Å². The largest absolute Gasteiger partial charge is 0.308 e. The van der Waals surface area contributed by atoms with E-state index < -0.39 is 0 Å². The van der Waals surface area contributed by atoms with Gasteiger partial charge in [-0.3, -0.25) is 0 Å². The van der Waals surface area contributed by atoms with Gasteiger partial charge in [0.05, 0.1) is 0 Å². The topological polar surface area (TPSA) is 12.0 Å². The Hall–Kier alpha value is -1.19. The maximum absolute atomic E-state index is 13.3. The van der Waals surface area contributed by atoms with E-state index in [2.05, 4.69) is 23.0 Å². The van der Waals surface area contributed by atoms with E-state index in [1.165, 1.54) is 17.2 Å². The third-order valence-electron chi connectivity index (χ3n) is 2.55. The molecule has 1 aromatic carbocycles. The van der Waals surface area contributed by atoms with Gasteiger partial charge in [0.25, 0.3) is 0 Å². The van der Waals surface area contributed by atoms with Crippen molar-refractivity contribution < 1.29 is 4.39 Å². The first-order chi connectivity index (χ1) is 7.77. The molecule has 3 heteroatoms. The van der Waals surface area contributed by atoms with Crippen molar-refractivity contribution in [2.24, 2.45) is 0 Å². The molecule has 0 fully saturated rings. The molecule has 1 N–H and O–H groups in total. The van der Waals surface area contributed by atoms with Gasteiger partial charge in [-0.15, -0.1) is 0 Å². The van der Waals surface area contributed by atoms with E-state index in [9.17, 15) is 4.39 Å². The average molecular weight is 235 g/mol. The molecule has 0 atom stereocenters. The summed E-state index contributed by atoms with van der Waals surface area (Å²) in [6, 6.07) is 6.87. The highest BCUT2D eigenvalue weighted by molar-refractivity contribution is 7.08. The number of thiophene rings is 1. The van der Waals surface area contributed by atoms with Gasteiger partial charge in [-0.2, -0.15) is 11.3 Å². The quantitative estimate of drug-likeness (QED) is 0.855. The van der Waals surface area contributed by atoms with Crippen LogP contribution in [0.15, 0.2) is 35.0 Å². The molecule has 0 aliphatic rings. The van der Waals surface area contributed by atoms with Crippen molar-refractivity contribution in [2.75, 3.05) is 0 Å². The fraction of sp³-hybridized carbons (Fsp3) is 0.231. The molecular formula is C13H14FNS. The Morgan fingerprint density at radius 1 is 1.12 bits per heavy atom. The number of rotatable bonds is 4. The smallest absolute Gasteiger partial charge is 0.127 e. The van der Waals surface area contributed by atoms with Crippen LogP contribution in [0.2, 0.25) is 0 Å². The zero-order valence-corrected chi connectivity index (χ0v) is 9.98. The van der Waals surface area contributed by atoms with E-state index in [1.54, 1.807) is 17.4 Å². The van der Waals surface area contributed by atoms with Crippen molar-refractivity contribution in [2.45, 2.75) is 20.0 Å². The standard InChI is InChI=1S/C13H14FNS/c1-10-8-16-9-12(10)7-15-6-11-4-2-3-5-13(11)14/h2-5,8-9,15H,6-7H2,1H3. The molecule has 0 amide bonds. The molecule has 1 nitrogen and oxygen atoms in total. The normalized spacial score (nSPS) is 10.6. The maximum atomic E-state index is 13.3. The number of aryl methyl sites for hydroxylation is 1. The van der Waals surface area contributed by atoms with E-state index in [4.69, 9.17) is 0 Å². The van der Waals surface area contributed by atoms with E-state index in [-0.39, 0.29) is 5.82 Å². The van der Waals surface area contributed by atoms with Crippen molar-refractivity contribution in [3.8, 4) is 0 Å². The molecule has 0 aliphatic heterocycles. The Kier molecular flexibility index (Phi) is 3.70. The first kappa shape index (κ1) is 11.3. The van der Waals surface area contributed by atoms with Gasteiger partial charge >= 0.3 is 0 Å². The predicted molar refractivity (Wildman–Crippen MR) is 66.0 cm³/mol. The number of hydrogen-bond acceptors (Lipinski definition) is 2. The molecule has 0 radical (unpaired) electrons. The zero-order chi connectivity index (χ0) is 11.4.